The molecule has 0 aliphatic carbocycles. The van der Waals surface area contributed by atoms with Crippen molar-refractivity contribution >= 4 is 34.6 Å². The summed E-state index contributed by atoms with van der Waals surface area (Å²) in [4.78, 5) is 35.0. The second kappa shape index (κ2) is 8.43. The van der Waals surface area contributed by atoms with Crippen molar-refractivity contribution < 1.29 is 23.5 Å². The number of alkyl carbamates (subject to hydrolysis) is 1. The lowest BCUT2D eigenvalue weighted by Crippen LogP contribution is -2.33. The number of benzene rings is 1. The van der Waals surface area contributed by atoms with Gasteiger partial charge in [-0.15, -0.1) is 0 Å². The van der Waals surface area contributed by atoms with E-state index < -0.39 is 23.3 Å². The molecular weight excluding hydrogens is 374 g/mol. The Bertz CT molecular complexity index is 913. The van der Waals surface area contributed by atoms with Crippen molar-refractivity contribution in [2.45, 2.75) is 46.1 Å². The van der Waals surface area contributed by atoms with E-state index in [1.165, 1.54) is 12.1 Å². The first-order valence-corrected chi connectivity index (χ1v) is 8.84. The van der Waals surface area contributed by atoms with Crippen LogP contribution in [-0.4, -0.2) is 24.2 Å². The number of hydrogen-bond donors (Lipinski definition) is 1. The van der Waals surface area contributed by atoms with Crippen LogP contribution in [0.15, 0.2) is 27.4 Å². The van der Waals surface area contributed by atoms with Crippen molar-refractivity contribution in [2.75, 3.05) is 6.54 Å². The molecule has 0 radical (unpaired) electrons. The van der Waals surface area contributed by atoms with E-state index in [1.807, 2.05) is 0 Å². The van der Waals surface area contributed by atoms with Gasteiger partial charge in [-0.3, -0.25) is 4.79 Å². The fourth-order valence-electron chi connectivity index (χ4n) is 2.31. The fourth-order valence-corrected chi connectivity index (χ4v) is 2.51. The van der Waals surface area contributed by atoms with E-state index in [-0.39, 0.29) is 23.7 Å². The van der Waals surface area contributed by atoms with Crippen LogP contribution in [0.4, 0.5) is 4.79 Å². The Kier molecular flexibility index (Phi) is 6.49. The Morgan fingerprint density at radius 2 is 1.93 bits per heavy atom. The highest BCUT2D eigenvalue weighted by molar-refractivity contribution is 6.33. The Labute approximate surface area is 161 Å². The molecule has 7 nitrogen and oxygen atoms in total. The molecule has 1 aromatic carbocycles. The SMILES string of the molecule is Cc1cc(=O)oc2cc(OC(=O)CCCNC(=O)OC(C)(C)C)c(Cl)cc12. The highest BCUT2D eigenvalue weighted by Crippen LogP contribution is 2.31. The number of aryl methyl sites for hydroxylation is 1. The summed E-state index contributed by atoms with van der Waals surface area (Å²) in [5.74, 6) is -0.403. The lowest BCUT2D eigenvalue weighted by molar-refractivity contribution is -0.134. The Morgan fingerprint density at radius 1 is 1.22 bits per heavy atom. The average Bonchev–Trinajstić information content (AvgIpc) is 2.51. The number of halogens is 1. The highest BCUT2D eigenvalue weighted by atomic mass is 35.5. The number of nitrogens with one attached hydrogen (secondary N) is 1. The van der Waals surface area contributed by atoms with Crippen molar-refractivity contribution in [3.8, 4) is 5.75 Å². The van der Waals surface area contributed by atoms with Crippen LogP contribution in [0.2, 0.25) is 5.02 Å². The predicted molar refractivity (Wildman–Crippen MR) is 101 cm³/mol. The normalized spacial score (nSPS) is 11.3. The second-order valence-electron chi connectivity index (χ2n) is 7.03. The molecule has 0 fully saturated rings. The van der Waals surface area contributed by atoms with E-state index in [0.29, 0.717) is 23.0 Å². The molecule has 0 aliphatic rings. The van der Waals surface area contributed by atoms with Crippen molar-refractivity contribution in [3.63, 3.8) is 0 Å². The van der Waals surface area contributed by atoms with Gasteiger partial charge in [-0.25, -0.2) is 9.59 Å². The topological polar surface area (TPSA) is 94.8 Å². The molecule has 1 amide bonds. The number of carbonyl (C=O) groups excluding carboxylic acids is 2. The van der Waals surface area contributed by atoms with Crippen molar-refractivity contribution in [1.29, 1.82) is 0 Å². The zero-order valence-electron chi connectivity index (χ0n) is 15.7. The van der Waals surface area contributed by atoms with Crippen LogP contribution in [0.1, 0.15) is 39.2 Å². The summed E-state index contributed by atoms with van der Waals surface area (Å²) < 4.78 is 15.5. The van der Waals surface area contributed by atoms with Crippen LogP contribution in [0.3, 0.4) is 0 Å². The molecule has 2 aromatic rings. The largest absolute Gasteiger partial charge is 0.444 e. The third kappa shape index (κ3) is 6.29. The lowest BCUT2D eigenvalue weighted by atomic mass is 10.1. The molecule has 8 heteroatoms. The molecule has 0 unspecified atom stereocenters. The maximum Gasteiger partial charge on any atom is 0.407 e. The van der Waals surface area contributed by atoms with Gasteiger partial charge in [0.1, 0.15) is 11.2 Å². The Balaban J connectivity index is 1.91. The number of fused-ring (bicyclic) bond motifs is 1. The maximum absolute atomic E-state index is 12.0. The molecular formula is C19H22ClNO6. The molecule has 1 aromatic heterocycles. The standard InChI is InChI=1S/C19H22ClNO6/c1-11-8-17(23)25-14-10-15(13(20)9-12(11)14)26-16(22)6-5-7-21-18(24)27-19(2,3)4/h8-10H,5-7H2,1-4H3,(H,21,24). The zero-order valence-corrected chi connectivity index (χ0v) is 16.4. The van der Waals surface area contributed by atoms with E-state index in [4.69, 9.17) is 25.5 Å². The predicted octanol–water partition coefficient (Wildman–Crippen LogP) is 3.97. The minimum Gasteiger partial charge on any atom is -0.444 e. The van der Waals surface area contributed by atoms with Crippen molar-refractivity contribution in [3.05, 3.63) is 39.2 Å². The first kappa shape index (κ1) is 20.8. The first-order chi connectivity index (χ1) is 12.5. The first-order valence-electron chi connectivity index (χ1n) is 8.47. The second-order valence-corrected chi connectivity index (χ2v) is 7.44. The van der Waals surface area contributed by atoms with Crippen molar-refractivity contribution in [1.82, 2.24) is 5.32 Å². The average molecular weight is 396 g/mol. The molecule has 1 heterocycles. The molecule has 0 saturated heterocycles. The third-order valence-corrected chi connectivity index (χ3v) is 3.75. The maximum atomic E-state index is 12.0. The van der Waals surface area contributed by atoms with E-state index in [2.05, 4.69) is 5.32 Å². The van der Waals surface area contributed by atoms with E-state index >= 15 is 0 Å². The molecule has 0 spiro atoms. The van der Waals surface area contributed by atoms with E-state index in [1.54, 1.807) is 33.8 Å². The number of hydrogen-bond acceptors (Lipinski definition) is 6. The van der Waals surface area contributed by atoms with Gasteiger partial charge in [0, 0.05) is 30.5 Å². The molecule has 146 valence electrons. The minimum atomic E-state index is -0.580. The molecule has 0 atom stereocenters. The lowest BCUT2D eigenvalue weighted by Gasteiger charge is -2.19. The summed E-state index contributed by atoms with van der Waals surface area (Å²) in [5, 5.41) is 3.47. The van der Waals surface area contributed by atoms with Crippen LogP contribution >= 0.6 is 11.6 Å². The molecule has 0 saturated carbocycles. The van der Waals surface area contributed by atoms with Crippen molar-refractivity contribution in [2.24, 2.45) is 0 Å². The molecule has 0 bridgehead atoms. The highest BCUT2D eigenvalue weighted by Gasteiger charge is 2.16. The van der Waals surface area contributed by atoms with Gasteiger partial charge in [0.25, 0.3) is 0 Å². The molecule has 27 heavy (non-hydrogen) atoms. The quantitative estimate of drug-likeness (QED) is 0.356. The Hall–Kier alpha value is -2.54. The summed E-state index contributed by atoms with van der Waals surface area (Å²) >= 11 is 6.15. The van der Waals surface area contributed by atoms with Crippen LogP contribution in [0, 0.1) is 6.92 Å². The monoisotopic (exact) mass is 395 g/mol. The summed E-state index contributed by atoms with van der Waals surface area (Å²) in [6.45, 7) is 7.32. The summed E-state index contributed by atoms with van der Waals surface area (Å²) in [6.07, 6.45) is -0.0989. The summed E-state index contributed by atoms with van der Waals surface area (Å²) in [5.41, 5.74) is -0.0655. The van der Waals surface area contributed by atoms with Gasteiger partial charge in [0.05, 0.1) is 5.02 Å². The van der Waals surface area contributed by atoms with Crippen LogP contribution < -0.4 is 15.7 Å². The van der Waals surface area contributed by atoms with Gasteiger partial charge >= 0.3 is 17.7 Å². The Morgan fingerprint density at radius 3 is 2.59 bits per heavy atom. The number of carbonyl (C=O) groups is 2. The van der Waals surface area contributed by atoms with Gasteiger partial charge in [-0.2, -0.15) is 0 Å². The van der Waals surface area contributed by atoms with Gasteiger partial charge < -0.3 is 19.2 Å². The number of amides is 1. The number of rotatable bonds is 5. The number of ether oxygens (including phenoxy) is 2. The third-order valence-electron chi connectivity index (χ3n) is 3.45. The van der Waals surface area contributed by atoms with Crippen LogP contribution in [0.25, 0.3) is 11.0 Å². The molecule has 2 rings (SSSR count). The fraction of sp³-hybridized carbons (Fsp3) is 0.421. The van der Waals surface area contributed by atoms with Gasteiger partial charge in [0.15, 0.2) is 5.75 Å². The van der Waals surface area contributed by atoms with Crippen LogP contribution in [0.5, 0.6) is 5.75 Å². The van der Waals surface area contributed by atoms with Crippen LogP contribution in [-0.2, 0) is 9.53 Å². The summed E-state index contributed by atoms with van der Waals surface area (Å²) in [6, 6.07) is 4.37. The van der Waals surface area contributed by atoms with Gasteiger partial charge in [0.2, 0.25) is 0 Å². The zero-order chi connectivity index (χ0) is 20.2. The van der Waals surface area contributed by atoms with E-state index in [0.717, 1.165) is 0 Å². The number of esters is 1. The van der Waals surface area contributed by atoms with E-state index in [9.17, 15) is 14.4 Å². The molecule has 1 N–H and O–H groups in total. The minimum absolute atomic E-state index is 0.0714. The summed E-state index contributed by atoms with van der Waals surface area (Å²) in [7, 11) is 0. The van der Waals surface area contributed by atoms with Gasteiger partial charge in [-0.05, 0) is 45.7 Å². The molecule has 0 aliphatic heterocycles. The smallest absolute Gasteiger partial charge is 0.407 e. The van der Waals surface area contributed by atoms with Gasteiger partial charge in [-0.1, -0.05) is 11.6 Å².